The highest BCUT2D eigenvalue weighted by Crippen LogP contribution is 2.42. The van der Waals surface area contributed by atoms with E-state index in [0.717, 1.165) is 67.1 Å². The van der Waals surface area contributed by atoms with Gasteiger partial charge in [-0.05, 0) is 98.0 Å². The van der Waals surface area contributed by atoms with Crippen molar-refractivity contribution in [3.8, 4) is 56.4 Å². The summed E-state index contributed by atoms with van der Waals surface area (Å²) in [5.41, 5.74) is 13.8. The fourth-order valence-corrected chi connectivity index (χ4v) is 10.8. The molecule has 0 saturated carbocycles. The summed E-state index contributed by atoms with van der Waals surface area (Å²) in [6.45, 7) is 0. The third kappa shape index (κ3) is 6.01. The molecule has 0 amide bonds. The molecule has 316 valence electrons. The molecule has 14 rings (SSSR count). The minimum Gasteiger partial charge on any atom is -0.309 e. The lowest BCUT2D eigenvalue weighted by Gasteiger charge is -2.17. The van der Waals surface area contributed by atoms with Gasteiger partial charge in [-0.15, -0.1) is 0 Å². The topological polar surface area (TPSA) is 35.6 Å². The van der Waals surface area contributed by atoms with E-state index >= 15 is 0 Å². The van der Waals surface area contributed by atoms with Gasteiger partial charge < -0.3 is 9.13 Å². The predicted molar refractivity (Wildman–Crippen MR) is 285 cm³/mol. The van der Waals surface area contributed by atoms with Gasteiger partial charge in [0.1, 0.15) is 0 Å². The molecule has 0 spiro atoms. The summed E-state index contributed by atoms with van der Waals surface area (Å²) in [6.07, 6.45) is 0. The Morgan fingerprint density at radius 3 is 1.28 bits per heavy atom. The zero-order valence-corrected chi connectivity index (χ0v) is 36.9. The molecule has 4 nitrogen and oxygen atoms in total. The van der Waals surface area contributed by atoms with E-state index in [0.29, 0.717) is 5.82 Å². The average Bonchev–Trinajstić information content (AvgIpc) is 3.93. The molecule has 0 N–H and O–H groups in total. The van der Waals surface area contributed by atoms with Gasteiger partial charge in [-0.25, -0.2) is 9.97 Å². The van der Waals surface area contributed by atoms with E-state index in [9.17, 15) is 0 Å². The largest absolute Gasteiger partial charge is 0.309 e. The second-order valence-electron chi connectivity index (χ2n) is 17.7. The van der Waals surface area contributed by atoms with E-state index < -0.39 is 0 Å². The number of hydrogen-bond acceptors (Lipinski definition) is 2. The lowest BCUT2D eigenvalue weighted by Crippen LogP contribution is -2.01. The zero-order valence-electron chi connectivity index (χ0n) is 36.9. The van der Waals surface area contributed by atoms with Crippen LogP contribution in [0.2, 0.25) is 0 Å². The first-order valence-electron chi connectivity index (χ1n) is 23.2. The number of hydrogen-bond donors (Lipinski definition) is 0. The summed E-state index contributed by atoms with van der Waals surface area (Å²) in [6, 6.07) is 87.6. The standard InChI is InChI=1S/C64H40N4/c1-2-17-44(18-3-1)64-65-57(42-30-32-43(33-31-42)63-50-21-7-5-19-45(50)38-56-49-20-6-4-16-41(49)34-35-55(56)63)40-58(66-64)46-36-47(67-59-26-12-8-22-51(59)52-23-9-13-27-60(52)67)39-48(37-46)68-61-28-14-10-24-53(61)54-25-11-15-29-62(54)68/h1-40H. The minimum absolute atomic E-state index is 0.676. The molecular weight excluding hydrogens is 825 g/mol. The minimum atomic E-state index is 0.676. The normalized spacial score (nSPS) is 11.8. The molecule has 3 aromatic heterocycles. The molecule has 3 heterocycles. The SMILES string of the molecule is c1ccc(-c2nc(-c3ccc(-c4c5ccccc5cc5c4ccc4ccccc45)cc3)cc(-c3cc(-n4c5ccccc5c5ccccc54)cc(-n4c5ccccc5c5ccccc54)c3)n2)cc1. The molecule has 0 aliphatic carbocycles. The number of fused-ring (bicyclic) bond motifs is 10. The molecule has 68 heavy (non-hydrogen) atoms. The molecule has 11 aromatic carbocycles. The van der Waals surface area contributed by atoms with E-state index in [-0.39, 0.29) is 0 Å². The number of nitrogens with zero attached hydrogens (tertiary/aromatic N) is 4. The smallest absolute Gasteiger partial charge is 0.160 e. The van der Waals surface area contributed by atoms with Crippen molar-refractivity contribution in [1.29, 1.82) is 0 Å². The lowest BCUT2D eigenvalue weighted by molar-refractivity contribution is 1.13. The molecule has 4 heteroatoms. The summed E-state index contributed by atoms with van der Waals surface area (Å²) in [5, 5.41) is 12.4. The summed E-state index contributed by atoms with van der Waals surface area (Å²) >= 11 is 0. The van der Waals surface area contributed by atoms with Crippen molar-refractivity contribution in [3.05, 3.63) is 243 Å². The summed E-state index contributed by atoms with van der Waals surface area (Å²) in [4.78, 5) is 10.7. The summed E-state index contributed by atoms with van der Waals surface area (Å²) in [7, 11) is 0. The second kappa shape index (κ2) is 15.2. The van der Waals surface area contributed by atoms with Gasteiger partial charge in [0, 0.05) is 49.6 Å². The molecule has 0 aliphatic heterocycles. The van der Waals surface area contributed by atoms with Crippen molar-refractivity contribution in [2.45, 2.75) is 0 Å². The van der Waals surface area contributed by atoms with Crippen LogP contribution in [-0.4, -0.2) is 19.1 Å². The molecular formula is C64H40N4. The van der Waals surface area contributed by atoms with E-state index in [1.54, 1.807) is 0 Å². The van der Waals surface area contributed by atoms with Crippen LogP contribution >= 0.6 is 0 Å². The van der Waals surface area contributed by atoms with Crippen LogP contribution in [0.4, 0.5) is 0 Å². The van der Waals surface area contributed by atoms with Crippen molar-refractivity contribution in [2.75, 3.05) is 0 Å². The van der Waals surface area contributed by atoms with Crippen LogP contribution in [-0.2, 0) is 0 Å². The van der Waals surface area contributed by atoms with Gasteiger partial charge in [-0.1, -0.05) is 188 Å². The third-order valence-electron chi connectivity index (χ3n) is 13.9. The monoisotopic (exact) mass is 864 g/mol. The maximum atomic E-state index is 5.42. The van der Waals surface area contributed by atoms with E-state index in [2.05, 4.69) is 246 Å². The van der Waals surface area contributed by atoms with Crippen molar-refractivity contribution in [3.63, 3.8) is 0 Å². The number of para-hydroxylation sites is 4. The van der Waals surface area contributed by atoms with Gasteiger partial charge in [0.05, 0.1) is 33.5 Å². The predicted octanol–water partition coefficient (Wildman–Crippen LogP) is 16.8. The van der Waals surface area contributed by atoms with Crippen LogP contribution in [0.15, 0.2) is 243 Å². The molecule has 0 fully saturated rings. The van der Waals surface area contributed by atoms with Crippen molar-refractivity contribution in [2.24, 2.45) is 0 Å². The Balaban J connectivity index is 0.995. The van der Waals surface area contributed by atoms with Crippen LogP contribution in [0.1, 0.15) is 0 Å². The van der Waals surface area contributed by atoms with Gasteiger partial charge in [0.2, 0.25) is 0 Å². The zero-order chi connectivity index (χ0) is 44.7. The maximum absolute atomic E-state index is 5.42. The maximum Gasteiger partial charge on any atom is 0.160 e. The fourth-order valence-electron chi connectivity index (χ4n) is 10.8. The van der Waals surface area contributed by atoms with Crippen LogP contribution in [0.5, 0.6) is 0 Å². The molecule has 14 aromatic rings. The number of rotatable bonds is 6. The Morgan fingerprint density at radius 2 is 0.706 bits per heavy atom. The first-order chi connectivity index (χ1) is 33.7. The van der Waals surface area contributed by atoms with E-state index in [4.69, 9.17) is 9.97 Å². The molecule has 0 radical (unpaired) electrons. The molecule has 0 unspecified atom stereocenters. The van der Waals surface area contributed by atoms with Crippen LogP contribution < -0.4 is 0 Å². The fraction of sp³-hybridized carbons (Fsp3) is 0. The molecule has 0 aliphatic rings. The first-order valence-corrected chi connectivity index (χ1v) is 23.2. The summed E-state index contributed by atoms with van der Waals surface area (Å²) in [5.74, 6) is 0.676. The third-order valence-corrected chi connectivity index (χ3v) is 13.9. The van der Waals surface area contributed by atoms with Gasteiger partial charge in [0.25, 0.3) is 0 Å². The first kappa shape index (κ1) is 38.2. The summed E-state index contributed by atoms with van der Waals surface area (Å²) < 4.78 is 4.81. The highest BCUT2D eigenvalue weighted by molar-refractivity contribution is 6.20. The number of benzene rings is 11. The average molecular weight is 865 g/mol. The van der Waals surface area contributed by atoms with Crippen LogP contribution in [0.25, 0.3) is 132 Å². The van der Waals surface area contributed by atoms with Gasteiger partial charge in [0.15, 0.2) is 5.82 Å². The lowest BCUT2D eigenvalue weighted by atomic mass is 9.89. The van der Waals surface area contributed by atoms with E-state index in [1.165, 1.54) is 59.4 Å². The number of aromatic nitrogens is 4. The van der Waals surface area contributed by atoms with Gasteiger partial charge >= 0.3 is 0 Å². The Kier molecular flexibility index (Phi) is 8.55. The quantitative estimate of drug-likeness (QED) is 0.123. The van der Waals surface area contributed by atoms with Crippen LogP contribution in [0.3, 0.4) is 0 Å². The Hall–Kier alpha value is -9.12. The van der Waals surface area contributed by atoms with Crippen molar-refractivity contribution in [1.82, 2.24) is 19.1 Å². The molecule has 0 saturated heterocycles. The highest BCUT2D eigenvalue weighted by Gasteiger charge is 2.20. The highest BCUT2D eigenvalue weighted by atomic mass is 15.0. The van der Waals surface area contributed by atoms with Crippen LogP contribution in [0, 0.1) is 0 Å². The Labute approximate surface area is 392 Å². The van der Waals surface area contributed by atoms with Gasteiger partial charge in [-0.2, -0.15) is 0 Å². The van der Waals surface area contributed by atoms with Crippen molar-refractivity contribution >= 4 is 75.9 Å². The van der Waals surface area contributed by atoms with Crippen molar-refractivity contribution < 1.29 is 0 Å². The van der Waals surface area contributed by atoms with Gasteiger partial charge in [-0.3, -0.25) is 0 Å². The molecule has 0 atom stereocenters. The second-order valence-corrected chi connectivity index (χ2v) is 17.7. The molecule has 0 bridgehead atoms. The Morgan fingerprint density at radius 1 is 0.250 bits per heavy atom. The van der Waals surface area contributed by atoms with E-state index in [1.807, 2.05) is 6.07 Å². The Bertz CT molecular complexity index is 4070.